The van der Waals surface area contributed by atoms with Gasteiger partial charge in [0.05, 0.1) is 12.1 Å². The van der Waals surface area contributed by atoms with Crippen LogP contribution >= 0.6 is 0 Å². The van der Waals surface area contributed by atoms with Gasteiger partial charge in [0, 0.05) is 13.0 Å². The van der Waals surface area contributed by atoms with Gasteiger partial charge in [-0.1, -0.05) is 48.3 Å². The molecule has 1 aliphatic carbocycles. The van der Waals surface area contributed by atoms with E-state index in [1.807, 2.05) is 30.3 Å². The number of aliphatic hydroxyl groups is 1. The van der Waals surface area contributed by atoms with Crippen LogP contribution in [0.5, 0.6) is 0 Å². The van der Waals surface area contributed by atoms with Gasteiger partial charge in [-0.3, -0.25) is 0 Å². The first-order chi connectivity index (χ1) is 10.2. The Kier molecular flexibility index (Phi) is 4.31. The van der Waals surface area contributed by atoms with Gasteiger partial charge >= 0.3 is 0 Å². The first-order valence-corrected chi connectivity index (χ1v) is 7.52. The molecule has 0 atom stereocenters. The molecule has 0 spiro atoms. The smallest absolute Gasteiger partial charge is 0.240 e. The number of nitrogens with one attached hydrogen (secondary N) is 1. The lowest BCUT2D eigenvalue weighted by atomic mass is 10.0. The van der Waals surface area contributed by atoms with Gasteiger partial charge in [0.25, 0.3) is 0 Å². The second-order valence-electron chi connectivity index (χ2n) is 5.80. The molecule has 1 aromatic heterocycles. The summed E-state index contributed by atoms with van der Waals surface area (Å²) >= 11 is 0. The van der Waals surface area contributed by atoms with Crippen LogP contribution in [-0.2, 0) is 13.0 Å². The van der Waals surface area contributed by atoms with Gasteiger partial charge in [-0.15, -0.1) is 0 Å². The first-order valence-electron chi connectivity index (χ1n) is 7.52. The molecule has 21 heavy (non-hydrogen) atoms. The Morgan fingerprint density at radius 2 is 1.95 bits per heavy atom. The van der Waals surface area contributed by atoms with Crippen molar-refractivity contribution in [3.05, 3.63) is 47.6 Å². The number of aromatic nitrogens is 2. The summed E-state index contributed by atoms with van der Waals surface area (Å²) in [6.45, 7) is 1.09. The topological polar surface area (TPSA) is 71.2 Å². The summed E-state index contributed by atoms with van der Waals surface area (Å²) in [5.74, 6) is 1.26. The molecular formula is C16H21N3O2. The average molecular weight is 287 g/mol. The molecular weight excluding hydrogens is 266 g/mol. The second kappa shape index (κ2) is 6.37. The van der Waals surface area contributed by atoms with E-state index in [9.17, 15) is 5.11 Å². The van der Waals surface area contributed by atoms with Crippen LogP contribution < -0.4 is 5.32 Å². The highest BCUT2D eigenvalue weighted by Gasteiger charge is 2.30. The van der Waals surface area contributed by atoms with Crippen molar-refractivity contribution < 1.29 is 9.63 Å². The van der Waals surface area contributed by atoms with Gasteiger partial charge in [0.1, 0.15) is 0 Å². The molecule has 0 unspecified atom stereocenters. The maximum absolute atomic E-state index is 10.2. The lowest BCUT2D eigenvalue weighted by Crippen LogP contribution is -2.37. The van der Waals surface area contributed by atoms with Crippen LogP contribution in [0.25, 0.3) is 0 Å². The summed E-state index contributed by atoms with van der Waals surface area (Å²) in [4.78, 5) is 4.37. The lowest BCUT2D eigenvalue weighted by Gasteiger charge is -2.21. The van der Waals surface area contributed by atoms with Crippen LogP contribution in [0, 0.1) is 0 Å². The zero-order valence-corrected chi connectivity index (χ0v) is 12.1. The molecule has 0 aliphatic heterocycles. The molecule has 1 saturated carbocycles. The third-order valence-electron chi connectivity index (χ3n) is 3.98. The largest absolute Gasteiger partial charge is 0.389 e. The Bertz CT molecular complexity index is 562. The minimum atomic E-state index is -0.549. The molecule has 0 saturated heterocycles. The van der Waals surface area contributed by atoms with Gasteiger partial charge < -0.3 is 14.9 Å². The van der Waals surface area contributed by atoms with Crippen LogP contribution in [-0.4, -0.2) is 27.4 Å². The van der Waals surface area contributed by atoms with Crippen LogP contribution in [0.2, 0.25) is 0 Å². The maximum Gasteiger partial charge on any atom is 0.240 e. The van der Waals surface area contributed by atoms with Crippen molar-refractivity contribution in [2.75, 3.05) is 6.54 Å². The van der Waals surface area contributed by atoms with Gasteiger partial charge in [0.2, 0.25) is 5.89 Å². The van der Waals surface area contributed by atoms with Crippen LogP contribution in [0.3, 0.4) is 0 Å². The van der Waals surface area contributed by atoms with Gasteiger partial charge in [-0.05, 0) is 18.4 Å². The van der Waals surface area contributed by atoms with E-state index in [0.717, 1.165) is 31.2 Å². The molecule has 1 aliphatic rings. The summed E-state index contributed by atoms with van der Waals surface area (Å²) in [6.07, 6.45) is 4.65. The van der Waals surface area contributed by atoms with Crippen molar-refractivity contribution in [2.24, 2.45) is 0 Å². The van der Waals surface area contributed by atoms with Crippen molar-refractivity contribution >= 4 is 0 Å². The van der Waals surface area contributed by atoms with Gasteiger partial charge in [-0.2, -0.15) is 4.98 Å². The van der Waals surface area contributed by atoms with E-state index < -0.39 is 5.60 Å². The summed E-state index contributed by atoms with van der Waals surface area (Å²) in [5, 5.41) is 17.4. The van der Waals surface area contributed by atoms with Crippen molar-refractivity contribution in [2.45, 2.75) is 44.2 Å². The van der Waals surface area contributed by atoms with E-state index in [2.05, 4.69) is 15.5 Å². The minimum absolute atomic E-state index is 0.504. The average Bonchev–Trinajstić information content (AvgIpc) is 3.10. The Hall–Kier alpha value is -1.72. The Labute approximate surface area is 124 Å². The summed E-state index contributed by atoms with van der Waals surface area (Å²) in [6, 6.07) is 10.1. The maximum atomic E-state index is 10.2. The SMILES string of the molecule is OC1(CNCc2nc(Cc3ccccc3)no2)CCCC1. The van der Waals surface area contributed by atoms with Crippen LogP contribution in [0.4, 0.5) is 0 Å². The second-order valence-corrected chi connectivity index (χ2v) is 5.80. The number of hydrogen-bond donors (Lipinski definition) is 2. The summed E-state index contributed by atoms with van der Waals surface area (Å²) < 4.78 is 5.23. The zero-order chi connectivity index (χ0) is 14.5. The van der Waals surface area contributed by atoms with E-state index in [4.69, 9.17) is 4.52 Å². The molecule has 0 bridgehead atoms. The highest BCUT2D eigenvalue weighted by molar-refractivity contribution is 5.18. The highest BCUT2D eigenvalue weighted by Crippen LogP contribution is 2.28. The number of rotatable bonds is 6. The number of hydrogen-bond acceptors (Lipinski definition) is 5. The van der Waals surface area contributed by atoms with E-state index >= 15 is 0 Å². The fraction of sp³-hybridized carbons (Fsp3) is 0.500. The van der Waals surface area contributed by atoms with Gasteiger partial charge in [-0.25, -0.2) is 0 Å². The minimum Gasteiger partial charge on any atom is -0.389 e. The van der Waals surface area contributed by atoms with Crippen molar-refractivity contribution in [1.29, 1.82) is 0 Å². The fourth-order valence-corrected chi connectivity index (χ4v) is 2.82. The first kappa shape index (κ1) is 14.2. The monoisotopic (exact) mass is 287 g/mol. The van der Waals surface area contributed by atoms with Crippen molar-refractivity contribution in [1.82, 2.24) is 15.5 Å². The molecule has 1 fully saturated rings. The molecule has 5 heteroatoms. The molecule has 2 aromatic rings. The quantitative estimate of drug-likeness (QED) is 0.851. The van der Waals surface area contributed by atoms with E-state index in [1.165, 1.54) is 0 Å². The van der Waals surface area contributed by atoms with E-state index in [1.54, 1.807) is 0 Å². The van der Waals surface area contributed by atoms with Crippen molar-refractivity contribution in [3.63, 3.8) is 0 Å². The lowest BCUT2D eigenvalue weighted by molar-refractivity contribution is 0.0468. The van der Waals surface area contributed by atoms with E-state index in [-0.39, 0.29) is 0 Å². The molecule has 1 heterocycles. The standard InChI is InChI=1S/C16H21N3O2/c20-16(8-4-5-9-16)12-17-11-15-18-14(19-21-15)10-13-6-2-1-3-7-13/h1-3,6-7,17,20H,4-5,8-12H2. The Balaban J connectivity index is 1.49. The summed E-state index contributed by atoms with van der Waals surface area (Å²) in [5.41, 5.74) is 0.616. The van der Waals surface area contributed by atoms with Crippen molar-refractivity contribution in [3.8, 4) is 0 Å². The summed E-state index contributed by atoms with van der Waals surface area (Å²) in [7, 11) is 0. The van der Waals surface area contributed by atoms with Gasteiger partial charge in [0.15, 0.2) is 5.82 Å². The molecule has 0 radical (unpaired) electrons. The van der Waals surface area contributed by atoms with Crippen LogP contribution in [0.15, 0.2) is 34.9 Å². The fourth-order valence-electron chi connectivity index (χ4n) is 2.82. The van der Waals surface area contributed by atoms with Crippen LogP contribution in [0.1, 0.15) is 43.0 Å². The molecule has 5 nitrogen and oxygen atoms in total. The normalized spacial score (nSPS) is 17.2. The molecule has 3 rings (SSSR count). The highest BCUT2D eigenvalue weighted by atomic mass is 16.5. The Morgan fingerprint density at radius 1 is 1.19 bits per heavy atom. The third kappa shape index (κ3) is 3.89. The molecule has 0 amide bonds. The number of benzene rings is 1. The number of nitrogens with zero attached hydrogens (tertiary/aromatic N) is 2. The Morgan fingerprint density at radius 3 is 2.71 bits per heavy atom. The third-order valence-corrected chi connectivity index (χ3v) is 3.98. The van der Waals surface area contributed by atoms with E-state index in [0.29, 0.717) is 31.2 Å². The zero-order valence-electron chi connectivity index (χ0n) is 12.1. The molecule has 2 N–H and O–H groups in total. The predicted molar refractivity (Wildman–Crippen MR) is 78.7 cm³/mol. The predicted octanol–water partition coefficient (Wildman–Crippen LogP) is 2.06. The molecule has 112 valence electrons. The molecule has 1 aromatic carbocycles.